The molecule has 0 saturated heterocycles. The number of allylic oxidation sites excluding steroid dienone is 1. The highest BCUT2D eigenvalue weighted by atomic mass is 19.2. The molecule has 2 nitrogen and oxygen atoms in total. The molecule has 0 aliphatic heterocycles. The Morgan fingerprint density at radius 3 is 2.30 bits per heavy atom. The van der Waals surface area contributed by atoms with Gasteiger partial charge < -0.3 is 10.2 Å². The van der Waals surface area contributed by atoms with Crippen LogP contribution in [0.5, 0.6) is 5.75 Å². The van der Waals surface area contributed by atoms with Crippen molar-refractivity contribution in [3.63, 3.8) is 0 Å². The number of aromatic hydroxyl groups is 1. The average Bonchev–Trinajstić information content (AvgIpc) is 2.74. The van der Waals surface area contributed by atoms with Crippen LogP contribution < -0.4 is 0 Å². The third-order valence-electron chi connectivity index (χ3n) is 5.91. The Kier molecular flexibility index (Phi) is 7.19. The Bertz CT molecular complexity index is 918. The van der Waals surface area contributed by atoms with Crippen LogP contribution in [0.4, 0.5) is 17.6 Å². The highest BCUT2D eigenvalue weighted by molar-refractivity contribution is 5.51. The lowest BCUT2D eigenvalue weighted by Gasteiger charge is -2.27. The second-order valence-corrected chi connectivity index (χ2v) is 7.95. The lowest BCUT2D eigenvalue weighted by molar-refractivity contribution is 0.160. The van der Waals surface area contributed by atoms with Crippen molar-refractivity contribution in [3.8, 4) is 5.75 Å². The van der Waals surface area contributed by atoms with Gasteiger partial charge in [0.15, 0.2) is 23.2 Å². The third kappa shape index (κ3) is 4.69. The summed E-state index contributed by atoms with van der Waals surface area (Å²) in [6, 6.07) is 5.46. The smallest absolute Gasteiger partial charge is 0.200 e. The van der Waals surface area contributed by atoms with E-state index in [2.05, 4.69) is 0 Å². The minimum Gasteiger partial charge on any atom is -0.505 e. The van der Waals surface area contributed by atoms with E-state index in [4.69, 9.17) is 0 Å². The van der Waals surface area contributed by atoms with Crippen LogP contribution in [0.1, 0.15) is 74.2 Å². The van der Waals surface area contributed by atoms with Crippen molar-refractivity contribution in [1.82, 2.24) is 0 Å². The molecule has 2 N–H and O–H groups in total. The second kappa shape index (κ2) is 9.65. The van der Waals surface area contributed by atoms with Crippen LogP contribution in [0.2, 0.25) is 0 Å². The topological polar surface area (TPSA) is 40.5 Å². The maximum atomic E-state index is 14.4. The van der Waals surface area contributed by atoms with Gasteiger partial charge in [0.2, 0.25) is 5.82 Å². The number of aliphatic hydroxyl groups is 1. The van der Waals surface area contributed by atoms with Gasteiger partial charge in [-0.1, -0.05) is 43.7 Å². The van der Waals surface area contributed by atoms with E-state index in [1.807, 2.05) is 13.0 Å². The molecule has 0 amide bonds. The van der Waals surface area contributed by atoms with Crippen molar-refractivity contribution in [3.05, 3.63) is 70.3 Å². The summed E-state index contributed by atoms with van der Waals surface area (Å²) >= 11 is 0. The Labute approximate surface area is 173 Å². The molecule has 1 atom stereocenters. The zero-order valence-corrected chi connectivity index (χ0v) is 16.8. The fraction of sp³-hybridized carbons (Fsp3) is 0.417. The molecule has 1 fully saturated rings. The van der Waals surface area contributed by atoms with E-state index < -0.39 is 35.1 Å². The molecule has 1 unspecified atom stereocenters. The van der Waals surface area contributed by atoms with E-state index >= 15 is 0 Å². The fourth-order valence-electron chi connectivity index (χ4n) is 4.13. The lowest BCUT2D eigenvalue weighted by Crippen LogP contribution is -2.13. The molecule has 2 aromatic rings. The zero-order chi connectivity index (χ0) is 21.8. The number of hydrogen-bond acceptors (Lipinski definition) is 2. The van der Waals surface area contributed by atoms with E-state index in [-0.39, 0.29) is 28.5 Å². The summed E-state index contributed by atoms with van der Waals surface area (Å²) in [7, 11) is 0. The number of halogens is 4. The van der Waals surface area contributed by atoms with E-state index in [9.17, 15) is 27.8 Å². The van der Waals surface area contributed by atoms with E-state index in [1.165, 1.54) is 18.2 Å². The molecule has 0 aromatic heterocycles. The first kappa shape index (κ1) is 22.3. The Morgan fingerprint density at radius 1 is 0.933 bits per heavy atom. The first-order valence-electron chi connectivity index (χ1n) is 10.3. The van der Waals surface area contributed by atoms with Crippen LogP contribution in [0.15, 0.2) is 30.3 Å². The van der Waals surface area contributed by atoms with Gasteiger partial charge in [-0.2, -0.15) is 4.39 Å². The predicted octanol–water partition coefficient (Wildman–Crippen LogP) is 6.77. The molecule has 30 heavy (non-hydrogen) atoms. The van der Waals surface area contributed by atoms with Gasteiger partial charge in [-0.15, -0.1) is 0 Å². The highest BCUT2D eigenvalue weighted by Crippen LogP contribution is 2.39. The third-order valence-corrected chi connectivity index (χ3v) is 5.91. The molecule has 0 radical (unpaired) electrons. The number of phenolic OH excluding ortho intramolecular Hbond substituents is 1. The minimum atomic E-state index is -1.22. The molecule has 1 aliphatic carbocycles. The van der Waals surface area contributed by atoms with Gasteiger partial charge in [-0.3, -0.25) is 0 Å². The molecular weight excluding hydrogens is 396 g/mol. The van der Waals surface area contributed by atoms with Gasteiger partial charge in [0.25, 0.3) is 0 Å². The summed E-state index contributed by atoms with van der Waals surface area (Å²) in [6.07, 6.45) is 6.05. The molecule has 0 spiro atoms. The van der Waals surface area contributed by atoms with E-state index in [1.54, 1.807) is 6.08 Å². The van der Waals surface area contributed by atoms with Gasteiger partial charge in [0, 0.05) is 11.1 Å². The van der Waals surface area contributed by atoms with Crippen molar-refractivity contribution in [2.45, 2.75) is 57.5 Å². The van der Waals surface area contributed by atoms with E-state index in [0.717, 1.165) is 6.07 Å². The number of rotatable bonds is 6. The lowest BCUT2D eigenvalue weighted by atomic mass is 9.78. The zero-order valence-electron chi connectivity index (χ0n) is 16.8. The van der Waals surface area contributed by atoms with Crippen molar-refractivity contribution in [2.75, 3.05) is 0 Å². The van der Waals surface area contributed by atoms with Crippen LogP contribution in [0.3, 0.4) is 0 Å². The first-order chi connectivity index (χ1) is 14.3. The fourth-order valence-corrected chi connectivity index (χ4v) is 4.13. The summed E-state index contributed by atoms with van der Waals surface area (Å²) in [5, 5.41) is 19.2. The van der Waals surface area contributed by atoms with Gasteiger partial charge in [-0.25, -0.2) is 13.2 Å². The molecule has 0 bridgehead atoms. The Balaban J connectivity index is 1.65. The van der Waals surface area contributed by atoms with Crippen LogP contribution >= 0.6 is 0 Å². The minimum absolute atomic E-state index is 0.0323. The second-order valence-electron chi connectivity index (χ2n) is 7.95. The first-order valence-corrected chi connectivity index (χ1v) is 10.3. The van der Waals surface area contributed by atoms with Gasteiger partial charge in [0.1, 0.15) is 0 Å². The van der Waals surface area contributed by atoms with Crippen LogP contribution in [-0.4, -0.2) is 10.2 Å². The highest BCUT2D eigenvalue weighted by Gasteiger charge is 2.25. The number of hydrogen-bond donors (Lipinski definition) is 2. The van der Waals surface area contributed by atoms with Crippen LogP contribution in [0.25, 0.3) is 6.08 Å². The molecule has 3 rings (SSSR count). The monoisotopic (exact) mass is 422 g/mol. The molecule has 2 aromatic carbocycles. The summed E-state index contributed by atoms with van der Waals surface area (Å²) in [5.41, 5.74) is 0.353. The standard InChI is InChI=1S/C24H26F4O2/c1-2-3-19(29)18-11-10-16(21(25)23(18)27)9-6-14-4-7-15(8-5-14)17-12-13-20(30)24(28)22(17)26/h6,9-15,19,29-30H,2-5,7-8H2,1H3/b9-6+. The molecule has 0 heterocycles. The summed E-state index contributed by atoms with van der Waals surface area (Å²) in [6.45, 7) is 1.86. The average molecular weight is 422 g/mol. The number of aliphatic hydroxyl groups excluding tert-OH is 1. The molecular formula is C24H26F4O2. The van der Waals surface area contributed by atoms with Crippen molar-refractivity contribution in [1.29, 1.82) is 0 Å². The summed E-state index contributed by atoms with van der Waals surface area (Å²) < 4.78 is 56.4. The van der Waals surface area contributed by atoms with Crippen molar-refractivity contribution in [2.24, 2.45) is 5.92 Å². The van der Waals surface area contributed by atoms with Gasteiger partial charge >= 0.3 is 0 Å². The SMILES string of the molecule is CCCC(O)c1ccc(/C=C/C2CCC(c3ccc(O)c(F)c3F)CC2)c(F)c1F. The summed E-state index contributed by atoms with van der Waals surface area (Å²) in [5.74, 6) is -4.94. The molecule has 6 heteroatoms. The maximum absolute atomic E-state index is 14.4. The largest absolute Gasteiger partial charge is 0.505 e. The maximum Gasteiger partial charge on any atom is 0.200 e. The van der Waals surface area contributed by atoms with Crippen LogP contribution in [0, 0.1) is 29.2 Å². The van der Waals surface area contributed by atoms with E-state index in [0.29, 0.717) is 38.5 Å². The number of benzene rings is 2. The van der Waals surface area contributed by atoms with Crippen molar-refractivity contribution < 1.29 is 27.8 Å². The predicted molar refractivity (Wildman–Crippen MR) is 108 cm³/mol. The van der Waals surface area contributed by atoms with Crippen LogP contribution in [-0.2, 0) is 0 Å². The van der Waals surface area contributed by atoms with Gasteiger partial charge in [0.05, 0.1) is 6.10 Å². The molecule has 1 saturated carbocycles. The number of phenols is 1. The van der Waals surface area contributed by atoms with Crippen molar-refractivity contribution >= 4 is 6.08 Å². The van der Waals surface area contributed by atoms with Gasteiger partial charge in [-0.05, 0) is 55.6 Å². The molecule has 162 valence electrons. The molecule has 1 aliphatic rings. The quantitative estimate of drug-likeness (QED) is 0.505. The Hall–Kier alpha value is -2.34. The summed E-state index contributed by atoms with van der Waals surface area (Å²) in [4.78, 5) is 0. The normalized spacial score (nSPS) is 20.6. The Morgan fingerprint density at radius 2 is 1.63 bits per heavy atom.